The van der Waals surface area contributed by atoms with Gasteiger partial charge >= 0.3 is 5.97 Å². The van der Waals surface area contributed by atoms with Crippen LogP contribution in [-0.4, -0.2) is 26.3 Å². The largest absolute Gasteiger partial charge is 0.477 e. The monoisotopic (exact) mass is 271 g/mol. The van der Waals surface area contributed by atoms with E-state index in [1.807, 2.05) is 13.8 Å². The van der Waals surface area contributed by atoms with Gasteiger partial charge in [0, 0.05) is 10.7 Å². The summed E-state index contributed by atoms with van der Waals surface area (Å²) in [5.74, 6) is -1.04. The predicted molar refractivity (Wildman–Crippen MR) is 59.9 cm³/mol. The Morgan fingerprint density at radius 2 is 2.20 bits per heavy atom. The van der Waals surface area contributed by atoms with Crippen molar-refractivity contribution in [3.8, 4) is 0 Å². The number of rotatable bonds is 1. The first-order chi connectivity index (χ1) is 7.18. The van der Waals surface area contributed by atoms with Gasteiger partial charge < -0.3 is 5.11 Å². The number of pyridine rings is 1. The van der Waals surface area contributed by atoms with Crippen molar-refractivity contribution in [2.24, 2.45) is 0 Å². The molecule has 0 atom stereocenters. The predicted octanol–water partition coefficient (Wildman–Crippen LogP) is 2.44. The number of aromatic carboxylic acids is 1. The number of halogens is 1. The molecule has 2 aromatic heterocycles. The molecule has 0 aliphatic rings. The van der Waals surface area contributed by atoms with Gasteiger partial charge in [-0.3, -0.25) is 5.10 Å². The Morgan fingerprint density at radius 3 is 2.80 bits per heavy atom. The highest BCUT2D eigenvalue weighted by Crippen LogP contribution is 2.18. The standard InChI is InChI=1S/C7H4BrN3O2.C2H6/c8-3-1-4-5(7(12)13)10-11-6(4)9-2-3;1-2/h1-2H,(H,12,13)(H,9,10,11);1-2H3. The first-order valence-electron chi connectivity index (χ1n) is 4.41. The molecule has 2 heterocycles. The molecular formula is C9H10BrN3O2. The van der Waals surface area contributed by atoms with Gasteiger partial charge in [0.1, 0.15) is 0 Å². The highest BCUT2D eigenvalue weighted by Gasteiger charge is 2.12. The van der Waals surface area contributed by atoms with Crippen LogP contribution in [0, 0.1) is 0 Å². The second kappa shape index (κ2) is 4.88. The molecular weight excluding hydrogens is 262 g/mol. The molecule has 2 N–H and O–H groups in total. The first kappa shape index (κ1) is 11.6. The quantitative estimate of drug-likeness (QED) is 0.835. The maximum Gasteiger partial charge on any atom is 0.354 e. The molecule has 2 rings (SSSR count). The molecule has 80 valence electrons. The minimum Gasteiger partial charge on any atom is -0.477 e. The second-order valence-corrected chi connectivity index (χ2v) is 3.34. The number of carboxylic acids is 1. The minimum absolute atomic E-state index is 0.0591. The van der Waals surface area contributed by atoms with Crippen molar-refractivity contribution in [3.63, 3.8) is 0 Å². The molecule has 15 heavy (non-hydrogen) atoms. The molecule has 0 aromatic carbocycles. The van der Waals surface area contributed by atoms with Crippen LogP contribution >= 0.6 is 15.9 Å². The van der Waals surface area contributed by atoms with Crippen LogP contribution in [-0.2, 0) is 0 Å². The summed E-state index contributed by atoms with van der Waals surface area (Å²) in [4.78, 5) is 14.6. The Balaban J connectivity index is 0.000000531. The molecule has 5 nitrogen and oxygen atoms in total. The fourth-order valence-corrected chi connectivity index (χ4v) is 1.37. The van der Waals surface area contributed by atoms with Gasteiger partial charge in [-0.25, -0.2) is 9.78 Å². The van der Waals surface area contributed by atoms with Crippen LogP contribution in [0.3, 0.4) is 0 Å². The molecule has 6 heteroatoms. The fraction of sp³-hybridized carbons (Fsp3) is 0.222. The zero-order chi connectivity index (χ0) is 11.4. The van der Waals surface area contributed by atoms with Gasteiger partial charge in [0.15, 0.2) is 11.3 Å². The Kier molecular flexibility index (Phi) is 3.79. The topological polar surface area (TPSA) is 78.9 Å². The minimum atomic E-state index is -1.04. The highest BCUT2D eigenvalue weighted by atomic mass is 79.9. The molecule has 0 saturated carbocycles. The van der Waals surface area contributed by atoms with Crippen molar-refractivity contribution in [1.29, 1.82) is 0 Å². The van der Waals surface area contributed by atoms with Crippen molar-refractivity contribution < 1.29 is 9.90 Å². The summed E-state index contributed by atoms with van der Waals surface area (Å²) in [6, 6.07) is 1.66. The van der Waals surface area contributed by atoms with Crippen LogP contribution < -0.4 is 0 Å². The zero-order valence-corrected chi connectivity index (χ0v) is 9.87. The van der Waals surface area contributed by atoms with Crippen LogP contribution in [0.2, 0.25) is 0 Å². The maximum atomic E-state index is 10.7. The molecule has 0 radical (unpaired) electrons. The second-order valence-electron chi connectivity index (χ2n) is 2.43. The molecule has 0 aliphatic heterocycles. The summed E-state index contributed by atoms with van der Waals surface area (Å²) in [5, 5.41) is 15.4. The highest BCUT2D eigenvalue weighted by molar-refractivity contribution is 9.10. The van der Waals surface area contributed by atoms with E-state index in [2.05, 4.69) is 31.1 Å². The van der Waals surface area contributed by atoms with Crippen LogP contribution in [0.25, 0.3) is 11.0 Å². The fourth-order valence-electron chi connectivity index (χ4n) is 1.04. The van der Waals surface area contributed by atoms with E-state index in [0.29, 0.717) is 11.0 Å². The average molecular weight is 272 g/mol. The van der Waals surface area contributed by atoms with Crippen LogP contribution in [0.4, 0.5) is 0 Å². The molecule has 0 amide bonds. The molecule has 0 unspecified atom stereocenters. The first-order valence-corrected chi connectivity index (χ1v) is 5.20. The lowest BCUT2D eigenvalue weighted by Gasteiger charge is -1.90. The van der Waals surface area contributed by atoms with Gasteiger partial charge in [0.25, 0.3) is 0 Å². The number of aromatic nitrogens is 3. The van der Waals surface area contributed by atoms with Gasteiger partial charge in [-0.05, 0) is 22.0 Å². The summed E-state index contributed by atoms with van der Waals surface area (Å²) < 4.78 is 0.726. The summed E-state index contributed by atoms with van der Waals surface area (Å²) >= 11 is 3.20. The third kappa shape index (κ3) is 2.33. The van der Waals surface area contributed by atoms with Gasteiger partial charge in [0.2, 0.25) is 0 Å². The molecule has 0 aliphatic carbocycles. The van der Waals surface area contributed by atoms with E-state index in [-0.39, 0.29) is 5.69 Å². The number of aromatic amines is 1. The zero-order valence-electron chi connectivity index (χ0n) is 8.28. The van der Waals surface area contributed by atoms with Gasteiger partial charge in [-0.2, -0.15) is 5.10 Å². The maximum absolute atomic E-state index is 10.7. The Hall–Kier alpha value is -1.43. The van der Waals surface area contributed by atoms with E-state index < -0.39 is 5.97 Å². The van der Waals surface area contributed by atoms with E-state index in [1.165, 1.54) is 0 Å². The van der Waals surface area contributed by atoms with E-state index >= 15 is 0 Å². The molecule has 0 bridgehead atoms. The van der Waals surface area contributed by atoms with E-state index in [1.54, 1.807) is 12.3 Å². The normalized spacial score (nSPS) is 9.53. The molecule has 0 fully saturated rings. The van der Waals surface area contributed by atoms with E-state index in [0.717, 1.165) is 4.47 Å². The van der Waals surface area contributed by atoms with Crippen LogP contribution in [0.5, 0.6) is 0 Å². The third-order valence-corrected chi connectivity index (χ3v) is 2.02. The van der Waals surface area contributed by atoms with Gasteiger partial charge in [0.05, 0.1) is 5.39 Å². The van der Waals surface area contributed by atoms with Gasteiger partial charge in [-0.15, -0.1) is 0 Å². The lowest BCUT2D eigenvalue weighted by molar-refractivity contribution is 0.0692. The lowest BCUT2D eigenvalue weighted by atomic mass is 10.3. The van der Waals surface area contributed by atoms with Gasteiger partial charge in [-0.1, -0.05) is 13.8 Å². The number of nitrogens with zero attached hydrogens (tertiary/aromatic N) is 2. The van der Waals surface area contributed by atoms with Crippen molar-refractivity contribution in [2.75, 3.05) is 0 Å². The average Bonchev–Trinajstić information content (AvgIpc) is 2.63. The van der Waals surface area contributed by atoms with Crippen molar-refractivity contribution in [3.05, 3.63) is 22.4 Å². The number of hydrogen-bond donors (Lipinski definition) is 2. The lowest BCUT2D eigenvalue weighted by Crippen LogP contribution is -1.96. The SMILES string of the molecule is CC.O=C(O)c1[nH]nc2ncc(Br)cc12. The Morgan fingerprint density at radius 1 is 1.53 bits per heavy atom. The molecule has 0 spiro atoms. The third-order valence-electron chi connectivity index (χ3n) is 1.59. The molecule has 2 aromatic rings. The smallest absolute Gasteiger partial charge is 0.354 e. The summed E-state index contributed by atoms with van der Waals surface area (Å²) in [7, 11) is 0. The summed E-state index contributed by atoms with van der Waals surface area (Å²) in [6.45, 7) is 4.00. The number of nitrogens with one attached hydrogen (secondary N) is 1. The Labute approximate surface area is 94.7 Å². The molecule has 0 saturated heterocycles. The van der Waals surface area contributed by atoms with Crippen molar-refractivity contribution in [1.82, 2.24) is 15.2 Å². The van der Waals surface area contributed by atoms with Crippen molar-refractivity contribution in [2.45, 2.75) is 13.8 Å². The van der Waals surface area contributed by atoms with Crippen LogP contribution in [0.15, 0.2) is 16.7 Å². The summed E-state index contributed by atoms with van der Waals surface area (Å²) in [5.41, 5.74) is 0.462. The van der Waals surface area contributed by atoms with Crippen molar-refractivity contribution >= 4 is 32.9 Å². The van der Waals surface area contributed by atoms with Crippen LogP contribution in [0.1, 0.15) is 24.3 Å². The van der Waals surface area contributed by atoms with E-state index in [4.69, 9.17) is 5.11 Å². The number of H-pyrrole nitrogens is 1. The number of hydrogen-bond acceptors (Lipinski definition) is 3. The number of carbonyl (C=O) groups is 1. The Bertz CT molecular complexity index is 481. The number of carboxylic acid groups (broad SMARTS) is 1. The number of fused-ring (bicyclic) bond motifs is 1. The summed E-state index contributed by atoms with van der Waals surface area (Å²) in [6.07, 6.45) is 1.56. The van der Waals surface area contributed by atoms with E-state index in [9.17, 15) is 4.79 Å².